The van der Waals surface area contributed by atoms with Gasteiger partial charge in [-0.15, -0.1) is 23.1 Å². The molecule has 0 atom stereocenters. The van der Waals surface area contributed by atoms with Crippen LogP contribution in [0.4, 0.5) is 0 Å². The zero-order chi connectivity index (χ0) is 20.1. The van der Waals surface area contributed by atoms with E-state index in [1.165, 1.54) is 64.7 Å². The molecular formula is C27H22OS2. The fraction of sp³-hybridized carbons (Fsp3) is 0.185. The predicted molar refractivity (Wildman–Crippen MR) is 132 cm³/mol. The van der Waals surface area contributed by atoms with Crippen molar-refractivity contribution < 1.29 is 4.74 Å². The molecule has 0 unspecified atom stereocenters. The van der Waals surface area contributed by atoms with Gasteiger partial charge in [0.2, 0.25) is 0 Å². The normalized spacial score (nSPS) is 13.4. The van der Waals surface area contributed by atoms with Crippen LogP contribution in [0.5, 0.6) is 5.75 Å². The summed E-state index contributed by atoms with van der Waals surface area (Å²) in [4.78, 5) is 2.96. The fourth-order valence-corrected chi connectivity index (χ4v) is 6.92. The lowest BCUT2D eigenvalue weighted by Crippen LogP contribution is -1.89. The summed E-state index contributed by atoms with van der Waals surface area (Å²) in [6.45, 7) is 0. The van der Waals surface area contributed by atoms with E-state index in [-0.39, 0.29) is 0 Å². The van der Waals surface area contributed by atoms with E-state index in [2.05, 4.69) is 54.6 Å². The first-order valence-electron chi connectivity index (χ1n) is 10.4. The highest BCUT2D eigenvalue weighted by molar-refractivity contribution is 7.99. The van der Waals surface area contributed by atoms with E-state index in [1.807, 2.05) is 35.2 Å². The van der Waals surface area contributed by atoms with E-state index >= 15 is 0 Å². The maximum absolute atomic E-state index is 5.27. The smallest absolute Gasteiger partial charge is 0.118 e. The van der Waals surface area contributed by atoms with Crippen LogP contribution in [0.1, 0.15) is 16.0 Å². The molecule has 1 nitrogen and oxygen atoms in total. The summed E-state index contributed by atoms with van der Waals surface area (Å²) in [5.74, 6) is 2.14. The number of thiophene rings is 1. The topological polar surface area (TPSA) is 9.23 Å². The van der Waals surface area contributed by atoms with Crippen LogP contribution in [0, 0.1) is 0 Å². The van der Waals surface area contributed by atoms with Gasteiger partial charge in [0.15, 0.2) is 0 Å². The maximum atomic E-state index is 5.27. The minimum absolute atomic E-state index is 0.920. The van der Waals surface area contributed by atoms with Crippen LogP contribution in [0.15, 0.2) is 71.6 Å². The summed E-state index contributed by atoms with van der Waals surface area (Å²) >= 11 is 3.97. The van der Waals surface area contributed by atoms with Gasteiger partial charge < -0.3 is 4.74 Å². The van der Waals surface area contributed by atoms with Crippen molar-refractivity contribution in [2.45, 2.75) is 24.2 Å². The first-order chi connectivity index (χ1) is 14.8. The van der Waals surface area contributed by atoms with Gasteiger partial charge in [-0.25, -0.2) is 0 Å². The minimum Gasteiger partial charge on any atom is -0.497 e. The molecule has 0 radical (unpaired) electrons. The Morgan fingerprint density at radius 1 is 0.800 bits per heavy atom. The van der Waals surface area contributed by atoms with Crippen LogP contribution >= 0.6 is 23.1 Å². The first kappa shape index (κ1) is 18.3. The molecule has 0 N–H and O–H groups in total. The van der Waals surface area contributed by atoms with Crippen LogP contribution in [0.2, 0.25) is 0 Å². The molecule has 1 aromatic heterocycles. The number of thioether (sulfide) groups is 1. The number of benzene rings is 4. The average Bonchev–Trinajstić information content (AvgIpc) is 3.43. The number of fused-ring (bicyclic) bond motifs is 6. The van der Waals surface area contributed by atoms with Gasteiger partial charge in [0.1, 0.15) is 5.75 Å². The molecule has 1 aliphatic rings. The van der Waals surface area contributed by atoms with Gasteiger partial charge in [-0.3, -0.25) is 0 Å². The molecule has 3 heteroatoms. The highest BCUT2D eigenvalue weighted by Gasteiger charge is 2.16. The third-order valence-corrected chi connectivity index (χ3v) is 8.58. The molecule has 4 aromatic carbocycles. The number of rotatable bonds is 4. The third-order valence-electron chi connectivity index (χ3n) is 6.16. The Kier molecular flexibility index (Phi) is 4.47. The van der Waals surface area contributed by atoms with Crippen molar-refractivity contribution in [1.29, 1.82) is 0 Å². The quantitative estimate of drug-likeness (QED) is 0.273. The number of aryl methyl sites for hydroxylation is 3. The minimum atomic E-state index is 0.920. The summed E-state index contributed by atoms with van der Waals surface area (Å²) in [5, 5.41) is 6.92. The van der Waals surface area contributed by atoms with E-state index in [0.717, 1.165) is 18.6 Å². The summed E-state index contributed by atoms with van der Waals surface area (Å²) < 4.78 is 6.69. The van der Waals surface area contributed by atoms with Gasteiger partial charge >= 0.3 is 0 Å². The second kappa shape index (κ2) is 7.33. The molecule has 0 spiro atoms. The molecule has 1 aliphatic heterocycles. The number of hydrogen-bond donors (Lipinski definition) is 0. The predicted octanol–water partition coefficient (Wildman–Crippen LogP) is 7.65. The summed E-state index contributed by atoms with van der Waals surface area (Å²) in [6.07, 6.45) is 3.33. The second-order valence-electron chi connectivity index (χ2n) is 7.99. The van der Waals surface area contributed by atoms with Crippen molar-refractivity contribution in [3.63, 3.8) is 0 Å². The molecule has 0 amide bonds. The van der Waals surface area contributed by atoms with Crippen molar-refractivity contribution in [3.05, 3.63) is 82.7 Å². The van der Waals surface area contributed by atoms with Crippen molar-refractivity contribution in [2.24, 2.45) is 0 Å². The summed E-state index contributed by atoms with van der Waals surface area (Å²) in [6, 6.07) is 24.9. The van der Waals surface area contributed by atoms with Crippen LogP contribution < -0.4 is 4.74 Å². The van der Waals surface area contributed by atoms with Crippen molar-refractivity contribution in [1.82, 2.24) is 0 Å². The van der Waals surface area contributed by atoms with Crippen LogP contribution in [0.25, 0.3) is 31.6 Å². The monoisotopic (exact) mass is 426 g/mol. The Labute approximate surface area is 184 Å². The Morgan fingerprint density at radius 2 is 1.57 bits per heavy atom. The lowest BCUT2D eigenvalue weighted by molar-refractivity contribution is 0.414. The Hall–Kier alpha value is -2.49. The van der Waals surface area contributed by atoms with E-state index in [0.29, 0.717) is 0 Å². The van der Waals surface area contributed by atoms with E-state index in [4.69, 9.17) is 4.74 Å². The number of hydrogen-bond acceptors (Lipinski definition) is 3. The van der Waals surface area contributed by atoms with Crippen molar-refractivity contribution >= 4 is 54.7 Å². The maximum Gasteiger partial charge on any atom is 0.118 e. The molecule has 148 valence electrons. The molecule has 0 bridgehead atoms. The van der Waals surface area contributed by atoms with Gasteiger partial charge in [0.05, 0.1) is 7.11 Å². The van der Waals surface area contributed by atoms with Gasteiger partial charge in [0, 0.05) is 25.6 Å². The summed E-state index contributed by atoms with van der Waals surface area (Å²) in [7, 11) is 1.71. The standard InChI is InChI=1S/C27H22OS2/c1-28-22-9-2-17(3-10-22)4-11-23-14-21-8-7-20-15-24-19(16-25(20)27(21)30-23)6-5-18-12-13-29-26(18)24/h2-3,5-10,14-16H,4,11-13H2,1H3. The molecule has 30 heavy (non-hydrogen) atoms. The largest absolute Gasteiger partial charge is 0.497 e. The highest BCUT2D eigenvalue weighted by atomic mass is 32.2. The summed E-state index contributed by atoms with van der Waals surface area (Å²) in [5.41, 5.74) is 2.88. The molecule has 0 saturated heterocycles. The lowest BCUT2D eigenvalue weighted by atomic mass is 10.00. The van der Waals surface area contributed by atoms with Crippen LogP contribution in [0.3, 0.4) is 0 Å². The zero-order valence-electron chi connectivity index (χ0n) is 16.9. The van der Waals surface area contributed by atoms with Crippen molar-refractivity contribution in [3.8, 4) is 5.75 Å². The Bertz CT molecular complexity index is 1400. The van der Waals surface area contributed by atoms with Gasteiger partial charge in [-0.05, 0) is 82.3 Å². The SMILES string of the molecule is COc1ccc(CCc2cc3ccc4cc5c6c(ccc5cc4c3s2)CCS6)cc1. The fourth-order valence-electron chi connectivity index (χ4n) is 4.53. The Balaban J connectivity index is 1.38. The molecule has 6 rings (SSSR count). The van der Waals surface area contributed by atoms with Gasteiger partial charge in [0.25, 0.3) is 0 Å². The molecule has 0 saturated carbocycles. The van der Waals surface area contributed by atoms with E-state index in [9.17, 15) is 0 Å². The number of methoxy groups -OCH3 is 1. The van der Waals surface area contributed by atoms with Gasteiger partial charge in [-0.1, -0.05) is 36.4 Å². The van der Waals surface area contributed by atoms with E-state index < -0.39 is 0 Å². The molecule has 2 heterocycles. The number of ether oxygens (including phenoxy) is 1. The molecule has 0 fully saturated rings. The van der Waals surface area contributed by atoms with Crippen LogP contribution in [-0.4, -0.2) is 12.9 Å². The molecular weight excluding hydrogens is 404 g/mol. The lowest BCUT2D eigenvalue weighted by Gasteiger charge is -2.08. The highest BCUT2D eigenvalue weighted by Crippen LogP contribution is 2.41. The molecule has 0 aliphatic carbocycles. The van der Waals surface area contributed by atoms with Gasteiger partial charge in [-0.2, -0.15) is 0 Å². The van der Waals surface area contributed by atoms with E-state index in [1.54, 1.807) is 7.11 Å². The molecule has 5 aromatic rings. The second-order valence-corrected chi connectivity index (χ2v) is 10.2. The average molecular weight is 427 g/mol. The third kappa shape index (κ3) is 3.08. The first-order valence-corrected chi connectivity index (χ1v) is 12.3. The van der Waals surface area contributed by atoms with Crippen molar-refractivity contribution in [2.75, 3.05) is 12.9 Å². The Morgan fingerprint density at radius 3 is 2.43 bits per heavy atom. The van der Waals surface area contributed by atoms with Crippen LogP contribution in [-0.2, 0) is 19.3 Å². The zero-order valence-corrected chi connectivity index (χ0v) is 18.5.